The Labute approximate surface area is 78.1 Å². The Hall–Kier alpha value is -0.220. The molecule has 0 saturated heterocycles. The lowest BCUT2D eigenvalue weighted by molar-refractivity contribution is -0.146. The van der Waals surface area contributed by atoms with Crippen LogP contribution >= 0.6 is 11.8 Å². The number of likely N-dealkylation sites (N-methyl/N-ethyl adjacent to an activating group) is 1. The van der Waals surface area contributed by atoms with Gasteiger partial charge in [-0.1, -0.05) is 0 Å². The molecular formula is C8H17NO2S. The second kappa shape index (κ2) is 4.72. The number of carbonyl (C=O) groups is 1. The molecular weight excluding hydrogens is 174 g/mol. The zero-order chi connectivity index (χ0) is 9.78. The van der Waals surface area contributed by atoms with Crippen molar-refractivity contribution in [3.63, 3.8) is 0 Å². The van der Waals surface area contributed by atoms with Crippen molar-refractivity contribution in [3.8, 4) is 0 Å². The maximum absolute atomic E-state index is 11.3. The van der Waals surface area contributed by atoms with Gasteiger partial charge < -0.3 is 10.0 Å². The molecule has 0 aromatic heterocycles. The van der Waals surface area contributed by atoms with E-state index in [1.165, 1.54) is 13.8 Å². The van der Waals surface area contributed by atoms with E-state index < -0.39 is 5.60 Å². The van der Waals surface area contributed by atoms with Gasteiger partial charge in [-0.05, 0) is 20.1 Å². The summed E-state index contributed by atoms with van der Waals surface area (Å²) in [5, 5.41) is 9.36. The minimum atomic E-state index is -1.24. The van der Waals surface area contributed by atoms with E-state index in [0.717, 1.165) is 5.75 Å². The van der Waals surface area contributed by atoms with Crippen LogP contribution in [0.5, 0.6) is 0 Å². The first-order valence-electron chi connectivity index (χ1n) is 3.86. The smallest absolute Gasteiger partial charge is 0.253 e. The van der Waals surface area contributed by atoms with Crippen LogP contribution in [0.4, 0.5) is 0 Å². The minimum absolute atomic E-state index is 0.225. The zero-order valence-electron chi connectivity index (χ0n) is 8.13. The average Bonchev–Trinajstić information content (AvgIpc) is 1.97. The summed E-state index contributed by atoms with van der Waals surface area (Å²) < 4.78 is 0. The molecule has 0 aliphatic heterocycles. The number of amides is 1. The van der Waals surface area contributed by atoms with Crippen LogP contribution in [0.1, 0.15) is 13.8 Å². The van der Waals surface area contributed by atoms with Crippen molar-refractivity contribution in [3.05, 3.63) is 0 Å². The first-order chi connectivity index (χ1) is 5.39. The molecule has 0 bridgehead atoms. The summed E-state index contributed by atoms with van der Waals surface area (Å²) >= 11 is 1.68. The van der Waals surface area contributed by atoms with Crippen LogP contribution < -0.4 is 0 Å². The Kier molecular flexibility index (Phi) is 4.63. The average molecular weight is 191 g/mol. The molecule has 0 atom stereocenters. The van der Waals surface area contributed by atoms with E-state index in [9.17, 15) is 9.90 Å². The topological polar surface area (TPSA) is 40.5 Å². The van der Waals surface area contributed by atoms with Gasteiger partial charge in [-0.2, -0.15) is 11.8 Å². The standard InChI is InChI=1S/C8H17NO2S/c1-8(2,11)7(10)9(3)5-6-12-4/h11H,5-6H2,1-4H3. The third-order valence-corrected chi connectivity index (χ3v) is 2.09. The van der Waals surface area contributed by atoms with Crippen molar-refractivity contribution in [2.24, 2.45) is 0 Å². The molecule has 4 heteroatoms. The second-order valence-corrected chi connectivity index (χ2v) is 4.26. The van der Waals surface area contributed by atoms with Crippen molar-refractivity contribution in [1.82, 2.24) is 4.90 Å². The van der Waals surface area contributed by atoms with Crippen LogP contribution in [0.2, 0.25) is 0 Å². The van der Waals surface area contributed by atoms with Crippen LogP contribution in [0.15, 0.2) is 0 Å². The van der Waals surface area contributed by atoms with E-state index in [1.54, 1.807) is 23.7 Å². The highest BCUT2D eigenvalue weighted by molar-refractivity contribution is 7.98. The lowest BCUT2D eigenvalue weighted by Crippen LogP contribution is -2.43. The molecule has 72 valence electrons. The lowest BCUT2D eigenvalue weighted by Gasteiger charge is -2.24. The number of rotatable bonds is 4. The van der Waals surface area contributed by atoms with E-state index in [-0.39, 0.29) is 5.91 Å². The van der Waals surface area contributed by atoms with E-state index in [2.05, 4.69) is 0 Å². The van der Waals surface area contributed by atoms with Crippen LogP contribution in [-0.4, -0.2) is 47.1 Å². The number of aliphatic hydroxyl groups is 1. The van der Waals surface area contributed by atoms with Crippen LogP contribution in [-0.2, 0) is 4.79 Å². The molecule has 1 N–H and O–H groups in total. The Morgan fingerprint density at radius 1 is 1.58 bits per heavy atom. The van der Waals surface area contributed by atoms with Gasteiger partial charge in [0.25, 0.3) is 5.91 Å². The number of nitrogens with zero attached hydrogens (tertiary/aromatic N) is 1. The van der Waals surface area contributed by atoms with Gasteiger partial charge in [0, 0.05) is 19.3 Å². The first-order valence-corrected chi connectivity index (χ1v) is 5.26. The Balaban J connectivity index is 3.94. The van der Waals surface area contributed by atoms with Crippen molar-refractivity contribution >= 4 is 17.7 Å². The fourth-order valence-corrected chi connectivity index (χ4v) is 1.25. The van der Waals surface area contributed by atoms with E-state index in [0.29, 0.717) is 6.54 Å². The van der Waals surface area contributed by atoms with Crippen molar-refractivity contribution in [2.75, 3.05) is 25.6 Å². The van der Waals surface area contributed by atoms with Gasteiger partial charge in [-0.25, -0.2) is 0 Å². The van der Waals surface area contributed by atoms with Crippen molar-refractivity contribution in [1.29, 1.82) is 0 Å². The minimum Gasteiger partial charge on any atom is -0.381 e. The van der Waals surface area contributed by atoms with Crippen LogP contribution in [0.25, 0.3) is 0 Å². The quantitative estimate of drug-likeness (QED) is 0.706. The highest BCUT2D eigenvalue weighted by Crippen LogP contribution is 2.06. The van der Waals surface area contributed by atoms with Gasteiger partial charge in [0.05, 0.1) is 0 Å². The number of carbonyl (C=O) groups excluding carboxylic acids is 1. The predicted octanol–water partition coefficient (Wildman–Crippen LogP) is 0.579. The van der Waals surface area contributed by atoms with Gasteiger partial charge in [0.1, 0.15) is 5.60 Å². The van der Waals surface area contributed by atoms with Gasteiger partial charge in [-0.15, -0.1) is 0 Å². The van der Waals surface area contributed by atoms with Crippen molar-refractivity contribution in [2.45, 2.75) is 19.4 Å². The SMILES string of the molecule is CSCCN(C)C(=O)C(C)(C)O. The normalized spacial score (nSPS) is 11.4. The van der Waals surface area contributed by atoms with Gasteiger partial charge in [0.15, 0.2) is 0 Å². The van der Waals surface area contributed by atoms with E-state index in [1.807, 2.05) is 6.26 Å². The summed E-state index contributed by atoms with van der Waals surface area (Å²) in [5.41, 5.74) is -1.24. The molecule has 0 rings (SSSR count). The summed E-state index contributed by atoms with van der Waals surface area (Å²) in [6.07, 6.45) is 1.99. The molecule has 0 aliphatic rings. The fourth-order valence-electron chi connectivity index (χ4n) is 0.797. The molecule has 0 saturated carbocycles. The third kappa shape index (κ3) is 3.97. The molecule has 0 aromatic rings. The van der Waals surface area contributed by atoms with Crippen LogP contribution in [0.3, 0.4) is 0 Å². The van der Waals surface area contributed by atoms with Gasteiger partial charge in [-0.3, -0.25) is 4.79 Å². The molecule has 0 unspecified atom stereocenters. The molecule has 0 aliphatic carbocycles. The molecule has 1 amide bonds. The second-order valence-electron chi connectivity index (χ2n) is 3.28. The van der Waals surface area contributed by atoms with Gasteiger partial charge in [0.2, 0.25) is 0 Å². The maximum atomic E-state index is 11.3. The van der Waals surface area contributed by atoms with E-state index in [4.69, 9.17) is 0 Å². The van der Waals surface area contributed by atoms with Crippen molar-refractivity contribution < 1.29 is 9.90 Å². The van der Waals surface area contributed by atoms with Crippen LogP contribution in [0, 0.1) is 0 Å². The van der Waals surface area contributed by atoms with E-state index >= 15 is 0 Å². The number of hydrogen-bond donors (Lipinski definition) is 1. The summed E-state index contributed by atoms with van der Waals surface area (Å²) in [5.74, 6) is 0.676. The molecule has 0 spiro atoms. The summed E-state index contributed by atoms with van der Waals surface area (Å²) in [4.78, 5) is 12.9. The highest BCUT2D eigenvalue weighted by atomic mass is 32.2. The lowest BCUT2D eigenvalue weighted by atomic mass is 10.1. The fraction of sp³-hybridized carbons (Fsp3) is 0.875. The Morgan fingerprint density at radius 2 is 2.08 bits per heavy atom. The monoisotopic (exact) mass is 191 g/mol. The first kappa shape index (κ1) is 11.8. The Morgan fingerprint density at radius 3 is 2.42 bits per heavy atom. The molecule has 0 fully saturated rings. The number of hydrogen-bond acceptors (Lipinski definition) is 3. The number of thioether (sulfide) groups is 1. The third-order valence-electron chi connectivity index (χ3n) is 1.50. The highest BCUT2D eigenvalue weighted by Gasteiger charge is 2.26. The molecule has 3 nitrogen and oxygen atoms in total. The maximum Gasteiger partial charge on any atom is 0.253 e. The molecule has 0 radical (unpaired) electrons. The zero-order valence-corrected chi connectivity index (χ0v) is 8.94. The summed E-state index contributed by atoms with van der Waals surface area (Å²) in [6, 6.07) is 0. The molecule has 0 aromatic carbocycles. The molecule has 12 heavy (non-hydrogen) atoms. The Bertz CT molecular complexity index is 154. The summed E-state index contributed by atoms with van der Waals surface area (Å²) in [7, 11) is 1.70. The molecule has 0 heterocycles. The van der Waals surface area contributed by atoms with Gasteiger partial charge >= 0.3 is 0 Å². The predicted molar refractivity (Wildman–Crippen MR) is 52.3 cm³/mol. The summed E-state index contributed by atoms with van der Waals surface area (Å²) in [6.45, 7) is 3.69. The largest absolute Gasteiger partial charge is 0.381 e.